The quantitative estimate of drug-likeness (QED) is 0.292. The molecule has 6 heteroatoms. The number of nitrogens with zero attached hydrogens (tertiary/aromatic N) is 2. The lowest BCUT2D eigenvalue weighted by atomic mass is 10.1. The molecular formula is C18H25N5S. The highest BCUT2D eigenvalue weighted by Crippen LogP contribution is 2.22. The van der Waals surface area contributed by atoms with Gasteiger partial charge in [0.1, 0.15) is 0 Å². The number of anilines is 1. The molecule has 0 radical (unpaired) electrons. The Labute approximate surface area is 148 Å². The fraction of sp³-hybridized carbons (Fsp3) is 0.333. The maximum absolute atomic E-state index is 8.98. The third kappa shape index (κ3) is 6.39. The van der Waals surface area contributed by atoms with Gasteiger partial charge in [-0.05, 0) is 31.4 Å². The lowest BCUT2D eigenvalue weighted by Crippen LogP contribution is -2.20. The van der Waals surface area contributed by atoms with Crippen molar-refractivity contribution in [2.75, 3.05) is 31.3 Å². The van der Waals surface area contributed by atoms with Crippen LogP contribution in [0.5, 0.6) is 0 Å². The van der Waals surface area contributed by atoms with Gasteiger partial charge in [0.15, 0.2) is 0 Å². The molecule has 0 aliphatic rings. The lowest BCUT2D eigenvalue weighted by molar-refractivity contribution is 0.839. The Hall–Kier alpha value is -2.39. The largest absolute Gasteiger partial charge is 0.398 e. The zero-order valence-corrected chi connectivity index (χ0v) is 15.3. The van der Waals surface area contributed by atoms with Crippen molar-refractivity contribution < 1.29 is 0 Å². The molecule has 4 N–H and O–H groups in total. The Morgan fingerprint density at radius 1 is 1.50 bits per heavy atom. The molecule has 0 amide bonds. The van der Waals surface area contributed by atoms with Crippen molar-refractivity contribution in [2.45, 2.75) is 13.3 Å². The second kappa shape index (κ2) is 10.4. The maximum atomic E-state index is 8.98. The van der Waals surface area contributed by atoms with Gasteiger partial charge in [0.25, 0.3) is 0 Å². The highest BCUT2D eigenvalue weighted by molar-refractivity contribution is 7.98. The molecule has 0 heterocycles. The van der Waals surface area contributed by atoms with Crippen molar-refractivity contribution in [3.05, 3.63) is 47.7 Å². The first-order valence-electron chi connectivity index (χ1n) is 7.63. The highest BCUT2D eigenvalue weighted by Gasteiger charge is 2.08. The third-order valence-electron chi connectivity index (χ3n) is 3.36. The van der Waals surface area contributed by atoms with Crippen LogP contribution in [-0.2, 0) is 0 Å². The second-order valence-corrected chi connectivity index (χ2v) is 6.18. The molecule has 1 rings (SSSR count). The fourth-order valence-electron chi connectivity index (χ4n) is 1.98. The van der Waals surface area contributed by atoms with Crippen molar-refractivity contribution in [3.8, 4) is 6.07 Å². The Balaban J connectivity index is 2.98. The smallest absolute Gasteiger partial charge is 0.0992 e. The number of nitriles is 1. The number of thioether (sulfide) groups is 1. The van der Waals surface area contributed by atoms with Crippen LogP contribution in [0.25, 0.3) is 5.70 Å². The molecule has 0 bridgehead atoms. The van der Waals surface area contributed by atoms with Gasteiger partial charge in [-0.15, -0.1) is 0 Å². The third-order valence-corrected chi connectivity index (χ3v) is 3.97. The fourth-order valence-corrected chi connectivity index (χ4v) is 2.29. The van der Waals surface area contributed by atoms with Gasteiger partial charge in [-0.2, -0.15) is 17.0 Å². The van der Waals surface area contributed by atoms with Crippen molar-refractivity contribution in [1.82, 2.24) is 10.6 Å². The number of hydrogen-bond donors (Lipinski definition) is 3. The van der Waals surface area contributed by atoms with Gasteiger partial charge in [0.05, 0.1) is 17.5 Å². The molecule has 0 aromatic heterocycles. The number of nitrogens with one attached hydrogen (secondary N) is 2. The molecule has 0 fully saturated rings. The Morgan fingerprint density at radius 3 is 2.83 bits per heavy atom. The highest BCUT2D eigenvalue weighted by atomic mass is 32.2. The molecule has 0 saturated carbocycles. The Kier molecular flexibility index (Phi) is 8.52. The van der Waals surface area contributed by atoms with Crippen LogP contribution in [0.4, 0.5) is 5.69 Å². The molecule has 5 nitrogen and oxygen atoms in total. The minimum absolute atomic E-state index is 0.541. The monoisotopic (exact) mass is 343 g/mol. The molecule has 1 aromatic carbocycles. The first-order chi connectivity index (χ1) is 11.5. The zero-order chi connectivity index (χ0) is 17.9. The summed E-state index contributed by atoms with van der Waals surface area (Å²) in [7, 11) is 1.73. The summed E-state index contributed by atoms with van der Waals surface area (Å²) >= 11 is 1.79. The van der Waals surface area contributed by atoms with E-state index in [0.29, 0.717) is 17.7 Å². The van der Waals surface area contributed by atoms with E-state index in [0.717, 1.165) is 35.1 Å². The van der Waals surface area contributed by atoms with Crippen LogP contribution >= 0.6 is 11.8 Å². The number of aliphatic imine (C=N–C) groups is 1. The average Bonchev–Trinajstić information content (AvgIpc) is 2.58. The predicted octanol–water partition coefficient (Wildman–Crippen LogP) is 2.98. The van der Waals surface area contributed by atoms with Gasteiger partial charge in [0.2, 0.25) is 0 Å². The summed E-state index contributed by atoms with van der Waals surface area (Å²) in [6.45, 7) is 6.83. The summed E-state index contributed by atoms with van der Waals surface area (Å²) in [6, 6.07) is 7.37. The Bertz CT molecular complexity index is 670. The van der Waals surface area contributed by atoms with E-state index in [4.69, 9.17) is 11.0 Å². The number of amidine groups is 1. The molecule has 24 heavy (non-hydrogen) atoms. The average molecular weight is 344 g/mol. The van der Waals surface area contributed by atoms with E-state index >= 15 is 0 Å². The molecule has 0 aliphatic carbocycles. The summed E-state index contributed by atoms with van der Waals surface area (Å²) in [5, 5.41) is 15.5. The van der Waals surface area contributed by atoms with Gasteiger partial charge in [0, 0.05) is 48.4 Å². The van der Waals surface area contributed by atoms with Gasteiger partial charge < -0.3 is 16.4 Å². The first-order valence-corrected chi connectivity index (χ1v) is 9.02. The molecule has 0 aliphatic heterocycles. The van der Waals surface area contributed by atoms with Crippen molar-refractivity contribution in [3.63, 3.8) is 0 Å². The standard InChI is InChI=1S/C18H25N5S/c1-13(22-9-10-24-4)5-8-18(23-14(2)21-3)16-7-6-15(12-19)11-17(16)20/h6-8,11,22H,1,5,9-10,20H2,2-4H3,(H,21,23)/b18-8-. The van der Waals surface area contributed by atoms with E-state index in [1.807, 2.05) is 19.1 Å². The second-order valence-electron chi connectivity index (χ2n) is 5.19. The van der Waals surface area contributed by atoms with E-state index in [2.05, 4.69) is 34.5 Å². The summed E-state index contributed by atoms with van der Waals surface area (Å²) in [4.78, 5) is 4.14. The topological polar surface area (TPSA) is 86.2 Å². The molecule has 0 unspecified atom stereocenters. The van der Waals surface area contributed by atoms with Crippen molar-refractivity contribution in [2.24, 2.45) is 4.99 Å². The number of hydrogen-bond acceptors (Lipinski definition) is 5. The van der Waals surface area contributed by atoms with Crippen molar-refractivity contribution >= 4 is 29.0 Å². The number of rotatable bonds is 8. The van der Waals surface area contributed by atoms with Gasteiger partial charge in [-0.25, -0.2) is 0 Å². The number of nitrogens with two attached hydrogens (primary N) is 1. The number of benzene rings is 1. The zero-order valence-electron chi connectivity index (χ0n) is 14.5. The van der Waals surface area contributed by atoms with Crippen LogP contribution in [0.3, 0.4) is 0 Å². The van der Waals surface area contributed by atoms with Crippen molar-refractivity contribution in [1.29, 1.82) is 5.26 Å². The van der Waals surface area contributed by atoms with Crippen LogP contribution in [0, 0.1) is 11.3 Å². The maximum Gasteiger partial charge on any atom is 0.0992 e. The van der Waals surface area contributed by atoms with Gasteiger partial charge in [-0.3, -0.25) is 4.99 Å². The van der Waals surface area contributed by atoms with Crippen LogP contribution < -0.4 is 16.4 Å². The summed E-state index contributed by atoms with van der Waals surface area (Å²) < 4.78 is 0. The van der Waals surface area contributed by atoms with Crippen LogP contribution in [0.15, 0.2) is 41.5 Å². The number of nitrogen functional groups attached to an aromatic ring is 1. The van der Waals surface area contributed by atoms with E-state index in [9.17, 15) is 0 Å². The number of allylic oxidation sites excluding steroid dienone is 1. The van der Waals surface area contributed by atoms with E-state index in [1.54, 1.807) is 30.9 Å². The van der Waals surface area contributed by atoms with E-state index in [-0.39, 0.29) is 0 Å². The molecule has 0 saturated heterocycles. The first kappa shape index (κ1) is 19.7. The summed E-state index contributed by atoms with van der Waals surface area (Å²) in [5.74, 6) is 1.82. The molecule has 1 aromatic rings. The SMILES string of the molecule is C=C(C/C=C(\NC(C)=NC)c1ccc(C#N)cc1N)NCCSC. The molecule has 0 spiro atoms. The molecular weight excluding hydrogens is 318 g/mol. The van der Waals surface area contributed by atoms with Gasteiger partial charge in [-0.1, -0.05) is 12.7 Å². The predicted molar refractivity (Wildman–Crippen MR) is 106 cm³/mol. The summed E-state index contributed by atoms with van der Waals surface area (Å²) in [6.07, 6.45) is 4.78. The van der Waals surface area contributed by atoms with Crippen LogP contribution in [0.1, 0.15) is 24.5 Å². The molecule has 0 atom stereocenters. The minimum atomic E-state index is 0.541. The van der Waals surface area contributed by atoms with Crippen LogP contribution in [-0.4, -0.2) is 31.4 Å². The minimum Gasteiger partial charge on any atom is -0.398 e. The van der Waals surface area contributed by atoms with E-state index < -0.39 is 0 Å². The summed E-state index contributed by atoms with van der Waals surface area (Å²) in [5.41, 5.74) is 9.84. The lowest BCUT2D eigenvalue weighted by Gasteiger charge is -2.14. The molecule has 128 valence electrons. The Morgan fingerprint density at radius 2 is 2.25 bits per heavy atom. The van der Waals surface area contributed by atoms with Crippen LogP contribution in [0.2, 0.25) is 0 Å². The van der Waals surface area contributed by atoms with Gasteiger partial charge >= 0.3 is 0 Å². The normalized spacial score (nSPS) is 11.8. The van der Waals surface area contributed by atoms with E-state index in [1.165, 1.54) is 0 Å².